The largest absolute Gasteiger partial charge is 0.508 e. The van der Waals surface area contributed by atoms with Gasteiger partial charge in [0.1, 0.15) is 11.5 Å². The number of allylic oxidation sites excluding steroid dienone is 1. The van der Waals surface area contributed by atoms with Gasteiger partial charge in [-0.3, -0.25) is 4.79 Å². The molecular formula is C15H8Cl2O3. The van der Waals surface area contributed by atoms with Crippen LogP contribution in [-0.4, -0.2) is 10.9 Å². The monoisotopic (exact) mass is 306 g/mol. The fraction of sp³-hybridized carbons (Fsp3) is 0. The van der Waals surface area contributed by atoms with Crippen LogP contribution in [0.15, 0.2) is 42.2 Å². The number of carbonyl (C=O) groups is 1. The minimum atomic E-state index is -0.230. The number of hydrogen-bond acceptors (Lipinski definition) is 3. The number of rotatable bonds is 1. The maximum Gasteiger partial charge on any atom is 0.231 e. The molecule has 0 spiro atoms. The standard InChI is InChI=1S/C15H8Cl2O3/c16-11-4-1-8(5-12(11)17)6-14-15(19)10-3-2-9(18)7-13(10)20-14/h1-7,18H. The molecule has 1 aliphatic rings. The Morgan fingerprint density at radius 1 is 1.05 bits per heavy atom. The predicted octanol–water partition coefficient (Wildman–Crippen LogP) is 4.32. The van der Waals surface area contributed by atoms with Crippen molar-refractivity contribution in [2.75, 3.05) is 0 Å². The number of Topliss-reactive ketones (excluding diaryl/α,β-unsaturated/α-hetero) is 1. The first-order valence-electron chi connectivity index (χ1n) is 5.77. The number of carbonyl (C=O) groups excluding carboxylic acids is 1. The molecule has 3 nitrogen and oxygen atoms in total. The number of ether oxygens (including phenoxy) is 1. The highest BCUT2D eigenvalue weighted by Gasteiger charge is 2.27. The van der Waals surface area contributed by atoms with E-state index in [1.165, 1.54) is 18.2 Å². The van der Waals surface area contributed by atoms with Gasteiger partial charge in [-0.1, -0.05) is 29.3 Å². The summed E-state index contributed by atoms with van der Waals surface area (Å²) in [5.74, 6) is 0.351. The maximum absolute atomic E-state index is 12.1. The van der Waals surface area contributed by atoms with E-state index in [0.29, 0.717) is 26.9 Å². The number of benzene rings is 2. The van der Waals surface area contributed by atoms with Gasteiger partial charge in [0, 0.05) is 6.07 Å². The molecule has 1 N–H and O–H groups in total. The SMILES string of the molecule is O=C1C(=Cc2ccc(Cl)c(Cl)c2)Oc2cc(O)ccc21. The molecule has 0 saturated heterocycles. The van der Waals surface area contributed by atoms with Crippen LogP contribution in [0.25, 0.3) is 6.08 Å². The third-order valence-corrected chi connectivity index (χ3v) is 3.63. The summed E-state index contributed by atoms with van der Waals surface area (Å²) in [6.45, 7) is 0. The first-order chi connectivity index (χ1) is 9.54. The van der Waals surface area contributed by atoms with Crippen molar-refractivity contribution in [3.05, 3.63) is 63.3 Å². The van der Waals surface area contributed by atoms with Crippen LogP contribution in [0.2, 0.25) is 10.0 Å². The lowest BCUT2D eigenvalue weighted by Gasteiger charge is -2.00. The fourth-order valence-corrected chi connectivity index (χ4v) is 2.24. The summed E-state index contributed by atoms with van der Waals surface area (Å²) in [4.78, 5) is 12.1. The Balaban J connectivity index is 1.99. The normalized spacial score (nSPS) is 15.3. The predicted molar refractivity (Wildman–Crippen MR) is 77.5 cm³/mol. The summed E-state index contributed by atoms with van der Waals surface area (Å²) in [6, 6.07) is 9.41. The second-order valence-corrected chi connectivity index (χ2v) is 5.11. The van der Waals surface area contributed by atoms with Crippen LogP contribution >= 0.6 is 23.2 Å². The second kappa shape index (κ2) is 4.85. The molecule has 0 radical (unpaired) electrons. The van der Waals surface area contributed by atoms with Crippen LogP contribution in [0.3, 0.4) is 0 Å². The molecular weight excluding hydrogens is 299 g/mol. The van der Waals surface area contributed by atoms with Crippen molar-refractivity contribution in [3.63, 3.8) is 0 Å². The highest BCUT2D eigenvalue weighted by Crippen LogP contribution is 2.34. The Hall–Kier alpha value is -1.97. The topological polar surface area (TPSA) is 46.5 Å². The minimum absolute atomic E-state index is 0.0485. The molecule has 0 unspecified atom stereocenters. The zero-order valence-corrected chi connectivity index (χ0v) is 11.6. The molecule has 1 aliphatic heterocycles. The molecule has 1 heterocycles. The highest BCUT2D eigenvalue weighted by molar-refractivity contribution is 6.42. The molecule has 0 amide bonds. The van der Waals surface area contributed by atoms with Gasteiger partial charge in [-0.2, -0.15) is 0 Å². The van der Waals surface area contributed by atoms with Crippen molar-refractivity contribution in [1.82, 2.24) is 0 Å². The molecule has 100 valence electrons. The summed E-state index contributed by atoms with van der Waals surface area (Å²) in [7, 11) is 0. The Bertz CT molecular complexity index is 751. The van der Waals surface area contributed by atoms with Gasteiger partial charge in [-0.15, -0.1) is 0 Å². The molecule has 20 heavy (non-hydrogen) atoms. The minimum Gasteiger partial charge on any atom is -0.508 e. The summed E-state index contributed by atoms with van der Waals surface area (Å²) < 4.78 is 5.45. The summed E-state index contributed by atoms with van der Waals surface area (Å²) >= 11 is 11.8. The molecule has 0 aromatic heterocycles. The summed E-state index contributed by atoms with van der Waals surface area (Å²) in [5.41, 5.74) is 1.13. The number of fused-ring (bicyclic) bond motifs is 1. The summed E-state index contributed by atoms with van der Waals surface area (Å²) in [5, 5.41) is 10.2. The van der Waals surface area contributed by atoms with E-state index in [1.807, 2.05) is 0 Å². The van der Waals surface area contributed by atoms with E-state index in [2.05, 4.69) is 0 Å². The van der Waals surface area contributed by atoms with E-state index in [9.17, 15) is 9.90 Å². The first-order valence-corrected chi connectivity index (χ1v) is 6.52. The smallest absolute Gasteiger partial charge is 0.231 e. The van der Waals surface area contributed by atoms with Gasteiger partial charge in [0.2, 0.25) is 5.78 Å². The lowest BCUT2D eigenvalue weighted by atomic mass is 10.1. The highest BCUT2D eigenvalue weighted by atomic mass is 35.5. The summed E-state index contributed by atoms with van der Waals surface area (Å²) in [6.07, 6.45) is 1.58. The van der Waals surface area contributed by atoms with Gasteiger partial charge in [-0.05, 0) is 35.9 Å². The molecule has 0 aliphatic carbocycles. The van der Waals surface area contributed by atoms with Crippen molar-refractivity contribution in [3.8, 4) is 11.5 Å². The Morgan fingerprint density at radius 3 is 2.60 bits per heavy atom. The van der Waals surface area contributed by atoms with Crippen LogP contribution < -0.4 is 4.74 Å². The zero-order valence-electron chi connectivity index (χ0n) is 10.1. The molecule has 0 saturated carbocycles. The Morgan fingerprint density at radius 2 is 1.85 bits per heavy atom. The number of ketones is 1. The maximum atomic E-state index is 12.1. The van der Waals surface area contributed by atoms with Gasteiger partial charge in [0.25, 0.3) is 0 Å². The number of phenols is 1. The molecule has 2 aromatic rings. The second-order valence-electron chi connectivity index (χ2n) is 4.29. The number of phenolic OH excluding ortho intramolecular Hbond substituents is 1. The van der Waals surface area contributed by atoms with E-state index in [-0.39, 0.29) is 17.3 Å². The van der Waals surface area contributed by atoms with Crippen LogP contribution in [0.5, 0.6) is 11.5 Å². The third kappa shape index (κ3) is 2.26. The Kier molecular flexibility index (Phi) is 3.16. The van der Waals surface area contributed by atoms with Crippen molar-refractivity contribution < 1.29 is 14.6 Å². The fourth-order valence-electron chi connectivity index (χ4n) is 1.93. The Labute approximate surface area is 125 Å². The van der Waals surface area contributed by atoms with Crippen LogP contribution in [0.4, 0.5) is 0 Å². The first kappa shape index (κ1) is 13.0. The van der Waals surface area contributed by atoms with Gasteiger partial charge in [0.05, 0.1) is 15.6 Å². The van der Waals surface area contributed by atoms with Crippen molar-refractivity contribution in [1.29, 1.82) is 0 Å². The number of aromatic hydroxyl groups is 1. The molecule has 2 aromatic carbocycles. The van der Waals surface area contributed by atoms with Crippen molar-refractivity contribution >= 4 is 35.1 Å². The van der Waals surface area contributed by atoms with Gasteiger partial charge >= 0.3 is 0 Å². The van der Waals surface area contributed by atoms with Crippen LogP contribution in [0, 0.1) is 0 Å². The molecule has 0 bridgehead atoms. The molecule has 5 heteroatoms. The van der Waals surface area contributed by atoms with Crippen molar-refractivity contribution in [2.45, 2.75) is 0 Å². The van der Waals surface area contributed by atoms with Crippen LogP contribution in [0.1, 0.15) is 15.9 Å². The van der Waals surface area contributed by atoms with E-state index in [4.69, 9.17) is 27.9 Å². The average Bonchev–Trinajstić information content (AvgIpc) is 2.70. The van der Waals surface area contributed by atoms with Gasteiger partial charge in [-0.25, -0.2) is 0 Å². The molecule has 0 fully saturated rings. The van der Waals surface area contributed by atoms with Gasteiger partial charge in [0.15, 0.2) is 5.76 Å². The van der Waals surface area contributed by atoms with E-state index in [1.54, 1.807) is 24.3 Å². The van der Waals surface area contributed by atoms with Gasteiger partial charge < -0.3 is 9.84 Å². The van der Waals surface area contributed by atoms with Crippen LogP contribution in [-0.2, 0) is 0 Å². The lowest BCUT2D eigenvalue weighted by Crippen LogP contribution is -1.97. The number of hydrogen-bond donors (Lipinski definition) is 1. The quantitative estimate of drug-likeness (QED) is 0.798. The van der Waals surface area contributed by atoms with E-state index in [0.717, 1.165) is 0 Å². The third-order valence-electron chi connectivity index (χ3n) is 2.89. The molecule has 0 atom stereocenters. The average molecular weight is 307 g/mol. The number of halogens is 2. The zero-order chi connectivity index (χ0) is 14.3. The van der Waals surface area contributed by atoms with Crippen molar-refractivity contribution in [2.24, 2.45) is 0 Å². The molecule has 3 rings (SSSR count). The lowest BCUT2D eigenvalue weighted by molar-refractivity contribution is 0.101. The van der Waals surface area contributed by atoms with E-state index >= 15 is 0 Å². The van der Waals surface area contributed by atoms with E-state index < -0.39 is 0 Å².